The standard InChI is InChI=1S/C17H26N2O/c1-12-9-13(11-17(2,3)10-12)19-16(20)14-7-5-6-8-15(14)18-4/h5-8,12-13,18H,9-11H2,1-4H3,(H,19,20). The molecule has 2 N–H and O–H groups in total. The van der Waals surface area contributed by atoms with Gasteiger partial charge < -0.3 is 10.6 Å². The Bertz CT molecular complexity index is 482. The second kappa shape index (κ2) is 5.86. The van der Waals surface area contributed by atoms with Crippen LogP contribution in [-0.4, -0.2) is 19.0 Å². The summed E-state index contributed by atoms with van der Waals surface area (Å²) in [6.45, 7) is 6.87. The molecule has 1 aliphatic rings. The molecule has 1 aromatic carbocycles. The Balaban J connectivity index is 2.08. The van der Waals surface area contributed by atoms with Gasteiger partial charge in [0.1, 0.15) is 0 Å². The number of hydrogen-bond donors (Lipinski definition) is 2. The normalized spacial score (nSPS) is 25.0. The molecule has 110 valence electrons. The Morgan fingerprint density at radius 2 is 1.95 bits per heavy atom. The van der Waals surface area contributed by atoms with Crippen molar-refractivity contribution in [3.05, 3.63) is 29.8 Å². The number of anilines is 1. The summed E-state index contributed by atoms with van der Waals surface area (Å²) >= 11 is 0. The van der Waals surface area contributed by atoms with Crippen LogP contribution in [0.25, 0.3) is 0 Å². The van der Waals surface area contributed by atoms with Crippen LogP contribution in [0.2, 0.25) is 0 Å². The third kappa shape index (κ3) is 3.53. The summed E-state index contributed by atoms with van der Waals surface area (Å²) < 4.78 is 0. The third-order valence-electron chi connectivity index (χ3n) is 4.16. The number of amides is 1. The molecule has 1 fully saturated rings. The van der Waals surface area contributed by atoms with Gasteiger partial charge in [-0.15, -0.1) is 0 Å². The number of hydrogen-bond acceptors (Lipinski definition) is 2. The minimum Gasteiger partial charge on any atom is -0.387 e. The molecule has 1 aliphatic carbocycles. The topological polar surface area (TPSA) is 41.1 Å². The van der Waals surface area contributed by atoms with Gasteiger partial charge in [-0.25, -0.2) is 0 Å². The van der Waals surface area contributed by atoms with Crippen LogP contribution in [0, 0.1) is 11.3 Å². The number of nitrogens with one attached hydrogen (secondary N) is 2. The first-order valence-corrected chi connectivity index (χ1v) is 7.49. The highest BCUT2D eigenvalue weighted by Gasteiger charge is 2.32. The molecule has 3 nitrogen and oxygen atoms in total. The molecule has 0 heterocycles. The average molecular weight is 274 g/mol. The van der Waals surface area contributed by atoms with Gasteiger partial charge in [0, 0.05) is 18.8 Å². The Morgan fingerprint density at radius 3 is 2.60 bits per heavy atom. The highest BCUT2D eigenvalue weighted by atomic mass is 16.1. The molecular weight excluding hydrogens is 248 g/mol. The highest BCUT2D eigenvalue weighted by molar-refractivity contribution is 5.99. The Kier molecular flexibility index (Phi) is 4.36. The summed E-state index contributed by atoms with van der Waals surface area (Å²) in [5.41, 5.74) is 1.93. The molecule has 1 amide bonds. The number of rotatable bonds is 3. The molecular formula is C17H26N2O. The predicted molar refractivity (Wildman–Crippen MR) is 84.0 cm³/mol. The zero-order valence-corrected chi connectivity index (χ0v) is 13.0. The maximum Gasteiger partial charge on any atom is 0.253 e. The Morgan fingerprint density at radius 1 is 1.25 bits per heavy atom. The van der Waals surface area contributed by atoms with Crippen molar-refractivity contribution in [1.82, 2.24) is 5.32 Å². The van der Waals surface area contributed by atoms with Gasteiger partial charge in [-0.3, -0.25) is 4.79 Å². The molecule has 2 unspecified atom stereocenters. The molecule has 3 heteroatoms. The van der Waals surface area contributed by atoms with E-state index in [4.69, 9.17) is 0 Å². The molecule has 1 saturated carbocycles. The van der Waals surface area contributed by atoms with Crippen molar-refractivity contribution in [2.24, 2.45) is 11.3 Å². The van der Waals surface area contributed by atoms with Gasteiger partial charge in [0.15, 0.2) is 0 Å². The summed E-state index contributed by atoms with van der Waals surface area (Å²) in [7, 11) is 1.85. The van der Waals surface area contributed by atoms with Crippen LogP contribution in [0.1, 0.15) is 50.4 Å². The lowest BCUT2D eigenvalue weighted by Gasteiger charge is -2.39. The summed E-state index contributed by atoms with van der Waals surface area (Å²) in [4.78, 5) is 12.5. The van der Waals surface area contributed by atoms with Crippen molar-refractivity contribution in [1.29, 1.82) is 0 Å². The van der Waals surface area contributed by atoms with E-state index in [9.17, 15) is 4.79 Å². The van der Waals surface area contributed by atoms with E-state index in [0.717, 1.165) is 24.1 Å². The smallest absolute Gasteiger partial charge is 0.253 e. The summed E-state index contributed by atoms with van der Waals surface area (Å²) in [5.74, 6) is 0.702. The first kappa shape index (κ1) is 14.9. The summed E-state index contributed by atoms with van der Waals surface area (Å²) in [6, 6.07) is 7.93. The van der Waals surface area contributed by atoms with Gasteiger partial charge in [-0.1, -0.05) is 32.9 Å². The minimum atomic E-state index is 0.0323. The van der Waals surface area contributed by atoms with Crippen LogP contribution >= 0.6 is 0 Å². The van der Waals surface area contributed by atoms with E-state index in [1.165, 1.54) is 6.42 Å². The van der Waals surface area contributed by atoms with E-state index >= 15 is 0 Å². The zero-order chi connectivity index (χ0) is 14.8. The van der Waals surface area contributed by atoms with Gasteiger partial charge in [-0.2, -0.15) is 0 Å². The molecule has 0 saturated heterocycles. The van der Waals surface area contributed by atoms with Crippen molar-refractivity contribution in [3.63, 3.8) is 0 Å². The van der Waals surface area contributed by atoms with E-state index in [0.29, 0.717) is 11.3 Å². The maximum absolute atomic E-state index is 12.5. The molecule has 0 radical (unpaired) electrons. The molecule has 0 aromatic heterocycles. The fraction of sp³-hybridized carbons (Fsp3) is 0.588. The van der Waals surface area contributed by atoms with E-state index in [1.54, 1.807) is 0 Å². The van der Waals surface area contributed by atoms with Gasteiger partial charge in [0.2, 0.25) is 0 Å². The quantitative estimate of drug-likeness (QED) is 0.883. The summed E-state index contributed by atoms with van der Waals surface area (Å²) in [5, 5.41) is 6.29. The van der Waals surface area contributed by atoms with Crippen molar-refractivity contribution in [2.75, 3.05) is 12.4 Å². The lowest BCUT2D eigenvalue weighted by molar-refractivity contribution is 0.0875. The molecule has 0 aliphatic heterocycles. The first-order valence-electron chi connectivity index (χ1n) is 7.49. The van der Waals surface area contributed by atoms with E-state index < -0.39 is 0 Å². The van der Waals surface area contributed by atoms with Crippen LogP contribution < -0.4 is 10.6 Å². The number of carbonyl (C=O) groups is 1. The van der Waals surface area contributed by atoms with Crippen LogP contribution in [0.3, 0.4) is 0 Å². The van der Waals surface area contributed by atoms with E-state index in [2.05, 4.69) is 31.4 Å². The first-order chi connectivity index (χ1) is 9.41. The van der Waals surface area contributed by atoms with Crippen LogP contribution in [0.4, 0.5) is 5.69 Å². The monoisotopic (exact) mass is 274 g/mol. The molecule has 1 aromatic rings. The fourth-order valence-electron chi connectivity index (χ4n) is 3.62. The van der Waals surface area contributed by atoms with Crippen molar-refractivity contribution in [3.8, 4) is 0 Å². The SMILES string of the molecule is CNc1ccccc1C(=O)NC1CC(C)CC(C)(C)C1. The molecule has 0 spiro atoms. The fourth-order valence-corrected chi connectivity index (χ4v) is 3.62. The van der Waals surface area contributed by atoms with Crippen molar-refractivity contribution in [2.45, 2.75) is 46.1 Å². The molecule has 2 rings (SSSR count). The zero-order valence-electron chi connectivity index (χ0n) is 13.0. The second-order valence-electron chi connectivity index (χ2n) is 6.88. The van der Waals surface area contributed by atoms with E-state index in [-0.39, 0.29) is 11.9 Å². The second-order valence-corrected chi connectivity index (χ2v) is 6.88. The maximum atomic E-state index is 12.5. The van der Waals surface area contributed by atoms with Gasteiger partial charge in [-0.05, 0) is 42.7 Å². The molecule has 20 heavy (non-hydrogen) atoms. The Labute approximate surface area is 122 Å². The largest absolute Gasteiger partial charge is 0.387 e. The van der Waals surface area contributed by atoms with Crippen molar-refractivity contribution >= 4 is 11.6 Å². The lowest BCUT2D eigenvalue weighted by atomic mass is 9.70. The Hall–Kier alpha value is -1.51. The van der Waals surface area contributed by atoms with Crippen LogP contribution in [0.5, 0.6) is 0 Å². The predicted octanol–water partition coefficient (Wildman–Crippen LogP) is 3.67. The number of carbonyl (C=O) groups excluding carboxylic acids is 1. The number of benzene rings is 1. The lowest BCUT2D eigenvalue weighted by Crippen LogP contribution is -2.43. The van der Waals surface area contributed by atoms with Gasteiger partial charge >= 0.3 is 0 Å². The molecule has 0 bridgehead atoms. The molecule has 2 atom stereocenters. The number of para-hydroxylation sites is 1. The third-order valence-corrected chi connectivity index (χ3v) is 4.16. The van der Waals surface area contributed by atoms with Gasteiger partial charge in [0.05, 0.1) is 5.56 Å². The van der Waals surface area contributed by atoms with Crippen LogP contribution in [0.15, 0.2) is 24.3 Å². The van der Waals surface area contributed by atoms with Crippen molar-refractivity contribution < 1.29 is 4.79 Å². The van der Waals surface area contributed by atoms with E-state index in [1.807, 2.05) is 31.3 Å². The summed E-state index contributed by atoms with van der Waals surface area (Å²) in [6.07, 6.45) is 3.38. The minimum absolute atomic E-state index is 0.0323. The average Bonchev–Trinajstić information content (AvgIpc) is 2.36. The van der Waals surface area contributed by atoms with Crippen LogP contribution in [-0.2, 0) is 0 Å². The highest BCUT2D eigenvalue weighted by Crippen LogP contribution is 2.38. The van der Waals surface area contributed by atoms with Gasteiger partial charge in [0.25, 0.3) is 5.91 Å².